The number of hydrogen-bond acceptors (Lipinski definition) is 4. The molecule has 0 amide bonds. The van der Waals surface area contributed by atoms with Gasteiger partial charge in [-0.2, -0.15) is 0 Å². The molecule has 1 unspecified atom stereocenters. The fourth-order valence-electron chi connectivity index (χ4n) is 3.30. The smallest absolute Gasteiger partial charge is 0.161 e. The fraction of sp³-hybridized carbons (Fsp3) is 0.667. The van der Waals surface area contributed by atoms with Crippen LogP contribution >= 0.6 is 0 Å². The van der Waals surface area contributed by atoms with Gasteiger partial charge >= 0.3 is 0 Å². The van der Waals surface area contributed by atoms with Crippen molar-refractivity contribution in [1.82, 2.24) is 5.32 Å². The van der Waals surface area contributed by atoms with Crippen LogP contribution in [0.25, 0.3) is 0 Å². The number of hydrogen-bond donors (Lipinski definition) is 2. The lowest BCUT2D eigenvalue weighted by atomic mass is 9.84. The van der Waals surface area contributed by atoms with Crippen molar-refractivity contribution in [3.05, 3.63) is 23.3 Å². The molecule has 4 nitrogen and oxygen atoms in total. The van der Waals surface area contributed by atoms with Crippen LogP contribution in [0, 0.1) is 6.92 Å². The highest BCUT2D eigenvalue weighted by Crippen LogP contribution is 2.33. The van der Waals surface area contributed by atoms with Gasteiger partial charge in [0.2, 0.25) is 0 Å². The minimum atomic E-state index is -0.545. The highest BCUT2D eigenvalue weighted by Gasteiger charge is 2.29. The number of nitrogens with one attached hydrogen (secondary N) is 1. The predicted molar refractivity (Wildman–Crippen MR) is 88.7 cm³/mol. The van der Waals surface area contributed by atoms with E-state index in [1.165, 1.54) is 12.0 Å². The Morgan fingerprint density at radius 3 is 2.32 bits per heavy atom. The van der Waals surface area contributed by atoms with Crippen LogP contribution in [-0.4, -0.2) is 31.5 Å². The van der Waals surface area contributed by atoms with Crippen LogP contribution in [0.2, 0.25) is 0 Å². The lowest BCUT2D eigenvalue weighted by Crippen LogP contribution is -2.43. The first-order chi connectivity index (χ1) is 10.5. The van der Waals surface area contributed by atoms with Crippen molar-refractivity contribution in [1.29, 1.82) is 0 Å². The van der Waals surface area contributed by atoms with Crippen molar-refractivity contribution >= 4 is 0 Å². The van der Waals surface area contributed by atoms with Crippen LogP contribution in [-0.2, 0) is 0 Å². The van der Waals surface area contributed by atoms with Crippen LogP contribution < -0.4 is 14.8 Å². The Bertz CT molecular complexity index is 495. The van der Waals surface area contributed by atoms with E-state index < -0.39 is 5.60 Å². The summed E-state index contributed by atoms with van der Waals surface area (Å²) < 4.78 is 10.7. The van der Waals surface area contributed by atoms with Crippen LogP contribution in [0.5, 0.6) is 11.5 Å². The first-order valence-corrected chi connectivity index (χ1v) is 8.17. The van der Waals surface area contributed by atoms with Gasteiger partial charge in [0.05, 0.1) is 19.8 Å². The first kappa shape index (κ1) is 17.1. The minimum Gasteiger partial charge on any atom is -0.493 e. The largest absolute Gasteiger partial charge is 0.493 e. The Balaban J connectivity index is 2.07. The maximum atomic E-state index is 10.6. The molecule has 1 saturated carbocycles. The van der Waals surface area contributed by atoms with Gasteiger partial charge in [-0.15, -0.1) is 0 Å². The van der Waals surface area contributed by atoms with Crippen LogP contribution in [0.1, 0.15) is 56.2 Å². The molecule has 1 aromatic rings. The Morgan fingerprint density at radius 1 is 1.14 bits per heavy atom. The van der Waals surface area contributed by atoms with E-state index in [4.69, 9.17) is 9.47 Å². The molecule has 0 bridgehead atoms. The number of methoxy groups -OCH3 is 2. The van der Waals surface area contributed by atoms with E-state index in [1.807, 2.05) is 12.1 Å². The summed E-state index contributed by atoms with van der Waals surface area (Å²) in [5.41, 5.74) is 1.79. The standard InChI is InChI=1S/C18H29NO3/c1-13-10-16(21-3)17(22-4)11-15(13)14(2)19-12-18(20)8-6-5-7-9-18/h10-11,14,19-20H,5-9,12H2,1-4H3. The summed E-state index contributed by atoms with van der Waals surface area (Å²) in [6.45, 7) is 4.84. The van der Waals surface area contributed by atoms with Gasteiger partial charge in [-0.3, -0.25) is 0 Å². The number of benzene rings is 1. The maximum Gasteiger partial charge on any atom is 0.161 e. The number of aryl methyl sites for hydroxylation is 1. The van der Waals surface area contributed by atoms with E-state index >= 15 is 0 Å². The zero-order chi connectivity index (χ0) is 16.2. The highest BCUT2D eigenvalue weighted by molar-refractivity contribution is 5.47. The molecule has 22 heavy (non-hydrogen) atoms. The van der Waals surface area contributed by atoms with Crippen LogP contribution in [0.3, 0.4) is 0 Å². The van der Waals surface area contributed by atoms with E-state index in [1.54, 1.807) is 14.2 Å². The lowest BCUT2D eigenvalue weighted by Gasteiger charge is -2.33. The van der Waals surface area contributed by atoms with Gasteiger partial charge in [-0.1, -0.05) is 19.3 Å². The molecular formula is C18H29NO3. The van der Waals surface area contributed by atoms with Crippen LogP contribution in [0.15, 0.2) is 12.1 Å². The average Bonchev–Trinajstić information content (AvgIpc) is 2.53. The highest BCUT2D eigenvalue weighted by atomic mass is 16.5. The van der Waals surface area contributed by atoms with Crippen molar-refractivity contribution in [2.45, 2.75) is 57.6 Å². The van der Waals surface area contributed by atoms with Crippen molar-refractivity contribution < 1.29 is 14.6 Å². The molecule has 0 aromatic heterocycles. The molecule has 0 spiro atoms. The summed E-state index contributed by atoms with van der Waals surface area (Å²) in [5.74, 6) is 1.50. The van der Waals surface area contributed by atoms with E-state index in [9.17, 15) is 5.11 Å². The van der Waals surface area contributed by atoms with Gasteiger partial charge in [0.1, 0.15) is 0 Å². The molecule has 1 fully saturated rings. The van der Waals surface area contributed by atoms with E-state index in [2.05, 4.69) is 19.2 Å². The van der Waals surface area contributed by atoms with Crippen LogP contribution in [0.4, 0.5) is 0 Å². The third kappa shape index (κ3) is 3.93. The molecule has 1 aliphatic carbocycles. The number of ether oxygens (including phenoxy) is 2. The Kier molecular flexibility index (Phi) is 5.70. The predicted octanol–water partition coefficient (Wildman–Crippen LogP) is 3.36. The quantitative estimate of drug-likeness (QED) is 0.846. The normalized spacial score (nSPS) is 18.8. The molecule has 124 valence electrons. The minimum absolute atomic E-state index is 0.158. The molecule has 0 saturated heterocycles. The fourth-order valence-corrected chi connectivity index (χ4v) is 3.30. The monoisotopic (exact) mass is 307 g/mol. The Morgan fingerprint density at radius 2 is 1.73 bits per heavy atom. The summed E-state index contributed by atoms with van der Waals surface area (Å²) in [4.78, 5) is 0. The van der Waals surface area contributed by atoms with Gasteiger partial charge < -0.3 is 19.9 Å². The first-order valence-electron chi connectivity index (χ1n) is 8.17. The lowest BCUT2D eigenvalue weighted by molar-refractivity contribution is 0.00298. The molecule has 0 radical (unpaired) electrons. The summed E-state index contributed by atoms with van der Waals surface area (Å²) >= 11 is 0. The van der Waals surface area contributed by atoms with Crippen molar-refractivity contribution in [3.8, 4) is 11.5 Å². The zero-order valence-electron chi connectivity index (χ0n) is 14.2. The second-order valence-electron chi connectivity index (χ2n) is 6.45. The van der Waals surface area contributed by atoms with E-state index in [0.717, 1.165) is 42.7 Å². The Hall–Kier alpha value is -1.26. The van der Waals surface area contributed by atoms with Gasteiger partial charge in [-0.05, 0) is 49.9 Å². The van der Waals surface area contributed by atoms with Gasteiger partial charge in [0.25, 0.3) is 0 Å². The number of aliphatic hydroxyl groups is 1. The third-order valence-electron chi connectivity index (χ3n) is 4.76. The van der Waals surface area contributed by atoms with Crippen molar-refractivity contribution in [2.75, 3.05) is 20.8 Å². The molecular weight excluding hydrogens is 278 g/mol. The average molecular weight is 307 g/mol. The molecule has 4 heteroatoms. The molecule has 2 N–H and O–H groups in total. The zero-order valence-corrected chi connectivity index (χ0v) is 14.2. The second-order valence-corrected chi connectivity index (χ2v) is 6.45. The SMILES string of the molecule is COc1cc(C)c(C(C)NCC2(O)CCCCC2)cc1OC. The van der Waals surface area contributed by atoms with Gasteiger partial charge in [0, 0.05) is 12.6 Å². The summed E-state index contributed by atoms with van der Waals surface area (Å²) in [6.07, 6.45) is 5.30. The second kappa shape index (κ2) is 7.34. The molecule has 1 aliphatic rings. The summed E-state index contributed by atoms with van der Waals surface area (Å²) in [6, 6.07) is 4.18. The van der Waals surface area contributed by atoms with E-state index in [0.29, 0.717) is 6.54 Å². The summed E-state index contributed by atoms with van der Waals surface area (Å²) in [5, 5.41) is 14.1. The molecule has 0 heterocycles. The topological polar surface area (TPSA) is 50.7 Å². The molecule has 1 atom stereocenters. The molecule has 0 aliphatic heterocycles. The third-order valence-corrected chi connectivity index (χ3v) is 4.76. The van der Waals surface area contributed by atoms with Crippen molar-refractivity contribution in [2.24, 2.45) is 0 Å². The molecule has 2 rings (SSSR count). The van der Waals surface area contributed by atoms with Gasteiger partial charge in [-0.25, -0.2) is 0 Å². The molecule has 1 aromatic carbocycles. The maximum absolute atomic E-state index is 10.6. The van der Waals surface area contributed by atoms with Gasteiger partial charge in [0.15, 0.2) is 11.5 Å². The van der Waals surface area contributed by atoms with Crippen molar-refractivity contribution in [3.63, 3.8) is 0 Å². The Labute approximate surface area is 133 Å². The number of rotatable bonds is 6. The van der Waals surface area contributed by atoms with E-state index in [-0.39, 0.29) is 6.04 Å². The summed E-state index contributed by atoms with van der Waals surface area (Å²) in [7, 11) is 3.30.